The molecule has 2 fully saturated rings. The molecule has 0 radical (unpaired) electrons. The number of aromatic nitrogens is 1. The first-order chi connectivity index (χ1) is 13.9. The van der Waals surface area contributed by atoms with Gasteiger partial charge >= 0.3 is 6.03 Å². The lowest BCUT2D eigenvalue weighted by Gasteiger charge is -2.45. The fourth-order valence-corrected chi connectivity index (χ4v) is 4.56. The summed E-state index contributed by atoms with van der Waals surface area (Å²) in [7, 11) is 0. The number of nitrogens with zero attached hydrogens (tertiary/aromatic N) is 2. The zero-order valence-corrected chi connectivity index (χ0v) is 17.2. The maximum atomic E-state index is 12.8. The van der Waals surface area contributed by atoms with E-state index in [0.717, 1.165) is 49.0 Å². The number of pyridine rings is 1. The second kappa shape index (κ2) is 8.03. The van der Waals surface area contributed by atoms with Crippen LogP contribution in [0.25, 0.3) is 0 Å². The standard InChI is InChI=1S/C22H25ClN4O2/c1-15-12-24-8-6-19(15)20(28)27-9-7-22(14-27)10-18(11-22)26-21(29)25-13-16-2-4-17(23)5-3-16/h2-6,8,12,18H,7,9-11,13-14H2,1H3,(H2,25,26,29)/t18-,22+. The molecule has 7 heteroatoms. The van der Waals surface area contributed by atoms with Crippen LogP contribution in [0.1, 0.15) is 40.7 Å². The van der Waals surface area contributed by atoms with Crippen LogP contribution >= 0.6 is 11.6 Å². The van der Waals surface area contributed by atoms with Gasteiger partial charge < -0.3 is 15.5 Å². The molecule has 1 aliphatic carbocycles. The number of amides is 3. The maximum absolute atomic E-state index is 12.8. The average molecular weight is 413 g/mol. The Kier molecular flexibility index (Phi) is 5.46. The van der Waals surface area contributed by atoms with Crippen molar-refractivity contribution in [2.45, 2.75) is 38.8 Å². The molecule has 1 spiro atoms. The van der Waals surface area contributed by atoms with Crippen LogP contribution in [0.15, 0.2) is 42.7 Å². The molecule has 1 saturated carbocycles. The van der Waals surface area contributed by atoms with E-state index in [4.69, 9.17) is 11.6 Å². The Balaban J connectivity index is 1.23. The minimum Gasteiger partial charge on any atom is -0.338 e. The van der Waals surface area contributed by atoms with Gasteiger partial charge in [-0.2, -0.15) is 0 Å². The first-order valence-electron chi connectivity index (χ1n) is 9.93. The second-order valence-corrected chi connectivity index (χ2v) is 8.66. The minimum atomic E-state index is -0.155. The van der Waals surface area contributed by atoms with Crippen molar-refractivity contribution in [3.8, 4) is 0 Å². The molecule has 0 bridgehead atoms. The van der Waals surface area contributed by atoms with Gasteiger partial charge in [0.15, 0.2) is 0 Å². The number of benzene rings is 1. The van der Waals surface area contributed by atoms with Gasteiger partial charge in [-0.05, 0) is 60.9 Å². The molecule has 1 aromatic heterocycles. The highest BCUT2D eigenvalue weighted by molar-refractivity contribution is 6.30. The Morgan fingerprint density at radius 3 is 2.72 bits per heavy atom. The van der Waals surface area contributed by atoms with E-state index in [1.807, 2.05) is 36.1 Å². The fraction of sp³-hybridized carbons (Fsp3) is 0.409. The van der Waals surface area contributed by atoms with Crippen LogP contribution in [0, 0.1) is 12.3 Å². The molecule has 3 amide bonds. The summed E-state index contributed by atoms with van der Waals surface area (Å²) in [6.07, 6.45) is 6.22. The van der Waals surface area contributed by atoms with Crippen molar-refractivity contribution in [3.05, 3.63) is 64.4 Å². The number of halogens is 1. The summed E-state index contributed by atoms with van der Waals surface area (Å²) < 4.78 is 0. The lowest BCUT2D eigenvalue weighted by atomic mass is 9.65. The molecule has 2 N–H and O–H groups in total. The summed E-state index contributed by atoms with van der Waals surface area (Å²) >= 11 is 5.87. The van der Waals surface area contributed by atoms with Crippen LogP contribution in [0.4, 0.5) is 4.79 Å². The van der Waals surface area contributed by atoms with E-state index in [2.05, 4.69) is 15.6 Å². The largest absolute Gasteiger partial charge is 0.338 e. The predicted octanol–water partition coefficient (Wildman–Crippen LogP) is 3.54. The van der Waals surface area contributed by atoms with Gasteiger partial charge in [0.1, 0.15) is 0 Å². The molecule has 152 valence electrons. The lowest BCUT2D eigenvalue weighted by Crippen LogP contribution is -2.54. The highest BCUT2D eigenvalue weighted by Crippen LogP contribution is 2.48. The molecule has 2 heterocycles. The average Bonchev–Trinajstić information content (AvgIpc) is 3.13. The number of carbonyl (C=O) groups is 2. The topological polar surface area (TPSA) is 74.3 Å². The summed E-state index contributed by atoms with van der Waals surface area (Å²) in [5.74, 6) is 0.0823. The molecule has 0 unspecified atom stereocenters. The summed E-state index contributed by atoms with van der Waals surface area (Å²) in [5, 5.41) is 6.62. The van der Waals surface area contributed by atoms with Gasteiger partial charge in [-0.15, -0.1) is 0 Å². The normalized spacial score (nSPS) is 23.0. The van der Waals surface area contributed by atoms with Crippen LogP contribution < -0.4 is 10.6 Å². The van der Waals surface area contributed by atoms with E-state index >= 15 is 0 Å². The van der Waals surface area contributed by atoms with Crippen molar-refractivity contribution in [3.63, 3.8) is 0 Å². The Morgan fingerprint density at radius 2 is 2.00 bits per heavy atom. The van der Waals surface area contributed by atoms with Gasteiger partial charge in [-0.1, -0.05) is 23.7 Å². The van der Waals surface area contributed by atoms with Gasteiger partial charge in [-0.25, -0.2) is 4.79 Å². The van der Waals surface area contributed by atoms with Crippen molar-refractivity contribution in [1.82, 2.24) is 20.5 Å². The van der Waals surface area contributed by atoms with Crippen LogP contribution in [0.2, 0.25) is 5.02 Å². The SMILES string of the molecule is Cc1cnccc1C(=O)N1CC[C@]2(C1)C[C@@H](NC(=O)NCc1ccc(Cl)cc1)C2. The zero-order valence-electron chi connectivity index (χ0n) is 16.5. The number of hydrogen-bond donors (Lipinski definition) is 2. The molecule has 1 saturated heterocycles. The van der Waals surface area contributed by atoms with Gasteiger partial charge in [-0.3, -0.25) is 9.78 Å². The van der Waals surface area contributed by atoms with Crippen LogP contribution in [-0.4, -0.2) is 41.0 Å². The molecular formula is C22H25ClN4O2. The van der Waals surface area contributed by atoms with E-state index in [1.165, 1.54) is 0 Å². The van der Waals surface area contributed by atoms with Gasteiger partial charge in [0, 0.05) is 48.7 Å². The summed E-state index contributed by atoms with van der Waals surface area (Å²) in [4.78, 5) is 31.0. The van der Waals surface area contributed by atoms with Crippen LogP contribution in [0.3, 0.4) is 0 Å². The highest BCUT2D eigenvalue weighted by atomic mass is 35.5. The molecule has 1 aliphatic heterocycles. The summed E-state index contributed by atoms with van der Waals surface area (Å²) in [6, 6.07) is 9.22. The van der Waals surface area contributed by atoms with Crippen molar-refractivity contribution < 1.29 is 9.59 Å². The Bertz CT molecular complexity index is 909. The smallest absolute Gasteiger partial charge is 0.315 e. The number of carbonyl (C=O) groups excluding carboxylic acids is 2. The molecule has 0 atom stereocenters. The molecule has 6 nitrogen and oxygen atoms in total. The number of nitrogens with one attached hydrogen (secondary N) is 2. The Labute approximate surface area is 175 Å². The summed E-state index contributed by atoms with van der Waals surface area (Å²) in [6.45, 7) is 3.92. The number of rotatable bonds is 4. The van der Waals surface area contributed by atoms with Crippen LogP contribution in [-0.2, 0) is 6.54 Å². The number of hydrogen-bond acceptors (Lipinski definition) is 3. The second-order valence-electron chi connectivity index (χ2n) is 8.23. The summed E-state index contributed by atoms with van der Waals surface area (Å²) in [5.41, 5.74) is 2.78. The van der Waals surface area contributed by atoms with Gasteiger partial charge in [0.05, 0.1) is 0 Å². The monoisotopic (exact) mass is 412 g/mol. The third-order valence-corrected chi connectivity index (χ3v) is 6.29. The zero-order chi connectivity index (χ0) is 20.4. The minimum absolute atomic E-state index is 0.0823. The lowest BCUT2D eigenvalue weighted by molar-refractivity contribution is 0.0671. The third-order valence-electron chi connectivity index (χ3n) is 6.04. The van der Waals surface area contributed by atoms with Gasteiger partial charge in [0.2, 0.25) is 0 Å². The molecule has 1 aromatic carbocycles. The maximum Gasteiger partial charge on any atom is 0.315 e. The fourth-order valence-electron chi connectivity index (χ4n) is 4.43. The molecule has 4 rings (SSSR count). The first-order valence-corrected chi connectivity index (χ1v) is 10.3. The quantitative estimate of drug-likeness (QED) is 0.806. The molecule has 2 aliphatic rings. The van der Waals surface area contributed by atoms with E-state index in [-0.39, 0.29) is 23.4 Å². The van der Waals surface area contributed by atoms with Gasteiger partial charge in [0.25, 0.3) is 5.91 Å². The van der Waals surface area contributed by atoms with Crippen molar-refractivity contribution >= 4 is 23.5 Å². The highest BCUT2D eigenvalue weighted by Gasteiger charge is 2.49. The third kappa shape index (κ3) is 4.37. The Morgan fingerprint density at radius 1 is 1.24 bits per heavy atom. The van der Waals surface area contributed by atoms with Crippen molar-refractivity contribution in [2.24, 2.45) is 5.41 Å². The van der Waals surface area contributed by atoms with E-state index in [1.54, 1.807) is 18.5 Å². The predicted molar refractivity (Wildman–Crippen MR) is 112 cm³/mol. The van der Waals surface area contributed by atoms with Crippen LogP contribution in [0.5, 0.6) is 0 Å². The van der Waals surface area contributed by atoms with E-state index in [0.29, 0.717) is 11.6 Å². The number of urea groups is 1. The molecule has 29 heavy (non-hydrogen) atoms. The molecule has 2 aromatic rings. The first kappa shape index (κ1) is 19.7. The van der Waals surface area contributed by atoms with E-state index in [9.17, 15) is 9.59 Å². The van der Waals surface area contributed by atoms with E-state index < -0.39 is 0 Å². The molecular weight excluding hydrogens is 388 g/mol. The number of aryl methyl sites for hydroxylation is 1. The Hall–Kier alpha value is -2.60. The van der Waals surface area contributed by atoms with Crippen molar-refractivity contribution in [2.75, 3.05) is 13.1 Å². The number of likely N-dealkylation sites (tertiary alicyclic amines) is 1. The van der Waals surface area contributed by atoms with Crippen molar-refractivity contribution in [1.29, 1.82) is 0 Å².